The van der Waals surface area contributed by atoms with E-state index in [4.69, 9.17) is 5.11 Å². The van der Waals surface area contributed by atoms with E-state index in [0.29, 0.717) is 0 Å². The van der Waals surface area contributed by atoms with Crippen LogP contribution in [-0.2, 0) is 0 Å². The summed E-state index contributed by atoms with van der Waals surface area (Å²) in [5, 5.41) is 9.16. The van der Waals surface area contributed by atoms with Gasteiger partial charge < -0.3 is 5.11 Å². The van der Waals surface area contributed by atoms with E-state index in [0.717, 1.165) is 11.5 Å². The smallest absolute Gasteiger partial charge is 0.229 e. The fraction of sp³-hybridized carbons (Fsp3) is 0.100. The van der Waals surface area contributed by atoms with Gasteiger partial charge in [0.25, 0.3) is 0 Å². The van der Waals surface area contributed by atoms with Crippen LogP contribution in [0.25, 0.3) is 5.69 Å². The lowest BCUT2D eigenvalue weighted by Gasteiger charge is -2.02. The minimum atomic E-state index is 0.0568. The second-order valence-electron chi connectivity index (χ2n) is 2.85. The number of hydrogen-bond acceptors (Lipinski definition) is 2. The number of nitrogens with zero attached hydrogens (tertiary/aromatic N) is 2. The molecule has 0 unspecified atom stereocenters. The standard InChI is InChI=1S/C10H10N2O/c1-8-11-10(13)7-12(8)9-5-3-2-4-6-9/h2-7,13H,1H3. The van der Waals surface area contributed by atoms with Crippen molar-refractivity contribution in [1.82, 2.24) is 9.55 Å². The predicted octanol–water partition coefficient (Wildman–Crippen LogP) is 1.89. The second-order valence-corrected chi connectivity index (χ2v) is 2.85. The molecule has 0 aliphatic heterocycles. The molecule has 13 heavy (non-hydrogen) atoms. The number of imidazole rings is 1. The van der Waals surface area contributed by atoms with E-state index in [1.54, 1.807) is 6.20 Å². The number of aromatic hydroxyl groups is 1. The van der Waals surface area contributed by atoms with Crippen molar-refractivity contribution in [3.63, 3.8) is 0 Å². The van der Waals surface area contributed by atoms with Gasteiger partial charge in [0, 0.05) is 5.69 Å². The van der Waals surface area contributed by atoms with Crippen molar-refractivity contribution in [1.29, 1.82) is 0 Å². The average molecular weight is 174 g/mol. The highest BCUT2D eigenvalue weighted by Crippen LogP contribution is 2.14. The maximum atomic E-state index is 9.16. The van der Waals surface area contributed by atoms with Gasteiger partial charge in [0.1, 0.15) is 5.82 Å². The van der Waals surface area contributed by atoms with E-state index in [1.807, 2.05) is 41.8 Å². The minimum Gasteiger partial charge on any atom is -0.492 e. The van der Waals surface area contributed by atoms with Gasteiger partial charge >= 0.3 is 0 Å². The molecule has 66 valence electrons. The highest BCUT2D eigenvalue weighted by Gasteiger charge is 2.02. The number of aromatic nitrogens is 2. The Bertz CT molecular complexity index is 406. The number of benzene rings is 1. The summed E-state index contributed by atoms with van der Waals surface area (Å²) < 4.78 is 1.84. The highest BCUT2D eigenvalue weighted by molar-refractivity contribution is 5.34. The maximum absolute atomic E-state index is 9.16. The molecule has 0 aliphatic carbocycles. The van der Waals surface area contributed by atoms with Crippen molar-refractivity contribution in [2.75, 3.05) is 0 Å². The summed E-state index contributed by atoms with van der Waals surface area (Å²) in [4.78, 5) is 3.91. The van der Waals surface area contributed by atoms with E-state index in [-0.39, 0.29) is 5.88 Å². The molecular weight excluding hydrogens is 164 g/mol. The third-order valence-electron chi connectivity index (χ3n) is 1.90. The van der Waals surface area contributed by atoms with E-state index in [1.165, 1.54) is 0 Å². The molecule has 0 aliphatic rings. The quantitative estimate of drug-likeness (QED) is 0.716. The summed E-state index contributed by atoms with van der Waals surface area (Å²) in [7, 11) is 0. The molecule has 0 saturated carbocycles. The van der Waals surface area contributed by atoms with Gasteiger partial charge in [-0.2, -0.15) is 4.98 Å². The topological polar surface area (TPSA) is 38.1 Å². The third-order valence-corrected chi connectivity index (χ3v) is 1.90. The molecule has 0 radical (unpaired) electrons. The van der Waals surface area contributed by atoms with Crippen molar-refractivity contribution in [3.8, 4) is 11.6 Å². The normalized spacial score (nSPS) is 10.2. The molecular formula is C10H10N2O. The van der Waals surface area contributed by atoms with Crippen molar-refractivity contribution in [2.45, 2.75) is 6.92 Å². The summed E-state index contributed by atoms with van der Waals surface area (Å²) >= 11 is 0. The number of aryl methyl sites for hydroxylation is 1. The summed E-state index contributed by atoms with van der Waals surface area (Å²) in [6.45, 7) is 1.85. The van der Waals surface area contributed by atoms with E-state index in [2.05, 4.69) is 4.98 Å². The Kier molecular flexibility index (Phi) is 1.77. The molecule has 1 N–H and O–H groups in total. The number of hydrogen-bond donors (Lipinski definition) is 1. The number of para-hydroxylation sites is 1. The van der Waals surface area contributed by atoms with Crippen LogP contribution in [0, 0.1) is 6.92 Å². The number of rotatable bonds is 1. The Balaban J connectivity index is 2.53. The van der Waals surface area contributed by atoms with Gasteiger partial charge in [0.05, 0.1) is 6.20 Å². The van der Waals surface area contributed by atoms with Crippen molar-refractivity contribution >= 4 is 0 Å². The molecule has 1 heterocycles. The van der Waals surface area contributed by atoms with E-state index < -0.39 is 0 Å². The predicted molar refractivity (Wildman–Crippen MR) is 50.0 cm³/mol. The van der Waals surface area contributed by atoms with Crippen LogP contribution >= 0.6 is 0 Å². The molecule has 3 heteroatoms. The SMILES string of the molecule is Cc1nc(O)cn1-c1ccccc1. The Labute approximate surface area is 76.3 Å². The first kappa shape index (κ1) is 7.86. The summed E-state index contributed by atoms with van der Waals surface area (Å²) in [5.41, 5.74) is 1.01. The van der Waals surface area contributed by atoms with E-state index in [9.17, 15) is 0 Å². The van der Waals surface area contributed by atoms with Crippen molar-refractivity contribution < 1.29 is 5.11 Å². The largest absolute Gasteiger partial charge is 0.492 e. The molecule has 0 saturated heterocycles. The molecule has 0 spiro atoms. The Morgan fingerprint density at radius 2 is 1.92 bits per heavy atom. The summed E-state index contributed by atoms with van der Waals surface area (Å²) in [5.74, 6) is 0.838. The monoisotopic (exact) mass is 174 g/mol. The molecule has 2 rings (SSSR count). The minimum absolute atomic E-state index is 0.0568. The third kappa shape index (κ3) is 1.40. The van der Waals surface area contributed by atoms with Crippen molar-refractivity contribution in [3.05, 3.63) is 42.4 Å². The first-order valence-corrected chi connectivity index (χ1v) is 4.08. The highest BCUT2D eigenvalue weighted by atomic mass is 16.3. The molecule has 1 aromatic carbocycles. The zero-order chi connectivity index (χ0) is 9.26. The Morgan fingerprint density at radius 3 is 2.46 bits per heavy atom. The van der Waals surface area contributed by atoms with Crippen LogP contribution in [0.1, 0.15) is 5.82 Å². The molecule has 0 bridgehead atoms. The summed E-state index contributed by atoms with van der Waals surface area (Å²) in [6, 6.07) is 9.79. The second kappa shape index (κ2) is 2.94. The Morgan fingerprint density at radius 1 is 1.23 bits per heavy atom. The average Bonchev–Trinajstić information content (AvgIpc) is 2.47. The first-order valence-electron chi connectivity index (χ1n) is 4.08. The van der Waals surface area contributed by atoms with Crippen LogP contribution in [0.2, 0.25) is 0 Å². The van der Waals surface area contributed by atoms with Crippen LogP contribution in [0.3, 0.4) is 0 Å². The molecule has 1 aromatic heterocycles. The lowest BCUT2D eigenvalue weighted by Crippen LogP contribution is -1.93. The lowest BCUT2D eigenvalue weighted by molar-refractivity contribution is 0.455. The maximum Gasteiger partial charge on any atom is 0.229 e. The van der Waals surface area contributed by atoms with Gasteiger partial charge in [-0.25, -0.2) is 0 Å². The van der Waals surface area contributed by atoms with Gasteiger partial charge in [-0.3, -0.25) is 4.57 Å². The van der Waals surface area contributed by atoms with Gasteiger partial charge in [-0.05, 0) is 19.1 Å². The molecule has 2 aromatic rings. The first-order chi connectivity index (χ1) is 6.27. The molecule has 0 atom stereocenters. The molecule has 0 fully saturated rings. The van der Waals surface area contributed by atoms with Gasteiger partial charge in [-0.15, -0.1) is 0 Å². The molecule has 0 amide bonds. The fourth-order valence-corrected chi connectivity index (χ4v) is 1.31. The van der Waals surface area contributed by atoms with Crippen molar-refractivity contribution in [2.24, 2.45) is 0 Å². The van der Waals surface area contributed by atoms with Gasteiger partial charge in [0.15, 0.2) is 0 Å². The van der Waals surface area contributed by atoms with Crippen LogP contribution in [0.5, 0.6) is 5.88 Å². The zero-order valence-electron chi connectivity index (χ0n) is 7.31. The van der Waals surface area contributed by atoms with Gasteiger partial charge in [-0.1, -0.05) is 18.2 Å². The zero-order valence-corrected chi connectivity index (χ0v) is 7.31. The van der Waals surface area contributed by atoms with Crippen LogP contribution in [0.4, 0.5) is 0 Å². The fourth-order valence-electron chi connectivity index (χ4n) is 1.31. The lowest BCUT2D eigenvalue weighted by atomic mass is 10.3. The van der Waals surface area contributed by atoms with Crippen LogP contribution in [0.15, 0.2) is 36.5 Å². The molecule has 3 nitrogen and oxygen atoms in total. The van der Waals surface area contributed by atoms with Gasteiger partial charge in [0.2, 0.25) is 5.88 Å². The summed E-state index contributed by atoms with van der Waals surface area (Å²) in [6.07, 6.45) is 1.60. The van der Waals surface area contributed by atoms with E-state index >= 15 is 0 Å². The Hall–Kier alpha value is -1.77. The van der Waals surface area contributed by atoms with Crippen LogP contribution < -0.4 is 0 Å². The van der Waals surface area contributed by atoms with Crippen LogP contribution in [-0.4, -0.2) is 14.7 Å².